The van der Waals surface area contributed by atoms with Gasteiger partial charge in [-0.3, -0.25) is 0 Å². The predicted molar refractivity (Wildman–Crippen MR) is 75.3 cm³/mol. The molecule has 1 aromatic rings. The number of benzene rings is 1. The van der Waals surface area contributed by atoms with Crippen molar-refractivity contribution in [2.75, 3.05) is 25.4 Å². The average Bonchev–Trinajstić information content (AvgIpc) is 2.40. The second kappa shape index (κ2) is 6.39. The summed E-state index contributed by atoms with van der Waals surface area (Å²) in [5.41, 5.74) is 0. The molecule has 4 nitrogen and oxygen atoms in total. The zero-order valence-electron chi connectivity index (χ0n) is 11.3. The SMILES string of the molecule is CCOc1ccc(S(=O)(=O)CC2CCNCC2)cc1. The smallest absolute Gasteiger partial charge is 0.178 e. The summed E-state index contributed by atoms with van der Waals surface area (Å²) in [5, 5.41) is 3.25. The van der Waals surface area contributed by atoms with Gasteiger partial charge in [0.1, 0.15) is 5.75 Å². The second-order valence-corrected chi connectivity index (χ2v) is 6.91. The summed E-state index contributed by atoms with van der Waals surface area (Å²) >= 11 is 0. The first-order valence-electron chi connectivity index (χ1n) is 6.78. The van der Waals surface area contributed by atoms with Gasteiger partial charge in [0.05, 0.1) is 17.3 Å². The Kier molecular flexibility index (Phi) is 4.82. The lowest BCUT2D eigenvalue weighted by atomic mass is 10.0. The van der Waals surface area contributed by atoms with E-state index < -0.39 is 9.84 Å². The van der Waals surface area contributed by atoms with E-state index in [0.29, 0.717) is 17.3 Å². The fraction of sp³-hybridized carbons (Fsp3) is 0.571. The third kappa shape index (κ3) is 3.94. The molecule has 0 saturated carbocycles. The monoisotopic (exact) mass is 283 g/mol. The van der Waals surface area contributed by atoms with Gasteiger partial charge in [0.15, 0.2) is 9.84 Å². The Labute approximate surface area is 115 Å². The van der Waals surface area contributed by atoms with E-state index >= 15 is 0 Å². The van der Waals surface area contributed by atoms with Gasteiger partial charge in [-0.15, -0.1) is 0 Å². The predicted octanol–water partition coefficient (Wildman–Crippen LogP) is 1.86. The van der Waals surface area contributed by atoms with Gasteiger partial charge >= 0.3 is 0 Å². The molecule has 2 rings (SSSR count). The molecule has 1 aliphatic rings. The minimum atomic E-state index is -3.17. The average molecular weight is 283 g/mol. The van der Waals surface area contributed by atoms with Crippen LogP contribution in [0.5, 0.6) is 5.75 Å². The van der Waals surface area contributed by atoms with E-state index in [1.54, 1.807) is 24.3 Å². The van der Waals surface area contributed by atoms with Crippen molar-refractivity contribution in [3.8, 4) is 5.75 Å². The zero-order valence-corrected chi connectivity index (χ0v) is 12.1. The van der Waals surface area contributed by atoms with E-state index in [-0.39, 0.29) is 11.7 Å². The first kappa shape index (κ1) is 14.3. The van der Waals surface area contributed by atoms with E-state index in [1.807, 2.05) is 6.92 Å². The molecule has 0 aromatic heterocycles. The molecule has 1 aliphatic heterocycles. The van der Waals surface area contributed by atoms with Crippen molar-refractivity contribution in [2.45, 2.75) is 24.7 Å². The van der Waals surface area contributed by atoms with Gasteiger partial charge in [0.2, 0.25) is 0 Å². The molecular formula is C14H21NO3S. The topological polar surface area (TPSA) is 55.4 Å². The molecule has 0 radical (unpaired) electrons. The van der Waals surface area contributed by atoms with Gasteiger partial charge < -0.3 is 10.1 Å². The van der Waals surface area contributed by atoms with Crippen molar-refractivity contribution in [3.05, 3.63) is 24.3 Å². The van der Waals surface area contributed by atoms with Crippen LogP contribution in [-0.4, -0.2) is 33.9 Å². The second-order valence-electron chi connectivity index (χ2n) is 4.88. The van der Waals surface area contributed by atoms with Gasteiger partial charge in [0, 0.05) is 0 Å². The molecule has 1 fully saturated rings. The summed E-state index contributed by atoms with van der Waals surface area (Å²) in [7, 11) is -3.17. The summed E-state index contributed by atoms with van der Waals surface area (Å²) in [6, 6.07) is 6.72. The van der Waals surface area contributed by atoms with Gasteiger partial charge in [-0.1, -0.05) is 0 Å². The molecule has 5 heteroatoms. The highest BCUT2D eigenvalue weighted by atomic mass is 32.2. The summed E-state index contributed by atoms with van der Waals surface area (Å²) in [6.45, 7) is 4.33. The van der Waals surface area contributed by atoms with Gasteiger partial charge in [-0.2, -0.15) is 0 Å². The number of sulfone groups is 1. The number of hydrogen-bond donors (Lipinski definition) is 1. The summed E-state index contributed by atoms with van der Waals surface area (Å²) in [6.07, 6.45) is 1.88. The van der Waals surface area contributed by atoms with Crippen LogP contribution in [0.1, 0.15) is 19.8 Å². The van der Waals surface area contributed by atoms with Crippen molar-refractivity contribution in [3.63, 3.8) is 0 Å². The first-order valence-corrected chi connectivity index (χ1v) is 8.43. The Hall–Kier alpha value is -1.07. The quantitative estimate of drug-likeness (QED) is 0.896. The Morgan fingerprint density at radius 1 is 1.21 bits per heavy atom. The number of hydrogen-bond acceptors (Lipinski definition) is 4. The maximum atomic E-state index is 12.3. The molecule has 0 amide bonds. The lowest BCUT2D eigenvalue weighted by Crippen LogP contribution is -2.31. The standard InChI is InChI=1S/C14H21NO3S/c1-2-18-13-3-5-14(6-4-13)19(16,17)11-12-7-9-15-10-8-12/h3-6,12,15H,2,7-11H2,1H3. The van der Waals surface area contributed by atoms with E-state index in [2.05, 4.69) is 5.32 Å². The van der Waals surface area contributed by atoms with Crippen LogP contribution >= 0.6 is 0 Å². The maximum Gasteiger partial charge on any atom is 0.178 e. The Bertz CT molecular complexity index is 490. The maximum absolute atomic E-state index is 12.3. The van der Waals surface area contributed by atoms with E-state index in [9.17, 15) is 8.42 Å². The van der Waals surface area contributed by atoms with E-state index in [0.717, 1.165) is 25.9 Å². The van der Waals surface area contributed by atoms with Gasteiger partial charge in [0.25, 0.3) is 0 Å². The van der Waals surface area contributed by atoms with Crippen LogP contribution in [0.4, 0.5) is 0 Å². The third-order valence-electron chi connectivity index (χ3n) is 3.41. The lowest BCUT2D eigenvalue weighted by Gasteiger charge is -2.22. The van der Waals surface area contributed by atoms with Crippen molar-refractivity contribution in [1.29, 1.82) is 0 Å². The number of piperidine rings is 1. The molecule has 1 saturated heterocycles. The summed E-state index contributed by atoms with van der Waals surface area (Å²) in [5.74, 6) is 1.24. The summed E-state index contributed by atoms with van der Waals surface area (Å²) < 4.78 is 29.9. The molecule has 0 spiro atoms. The van der Waals surface area contributed by atoms with Crippen LogP contribution in [0.25, 0.3) is 0 Å². The Morgan fingerprint density at radius 2 is 1.84 bits per heavy atom. The lowest BCUT2D eigenvalue weighted by molar-refractivity contribution is 0.340. The van der Waals surface area contributed by atoms with E-state index in [4.69, 9.17) is 4.74 Å². The minimum Gasteiger partial charge on any atom is -0.494 e. The van der Waals surface area contributed by atoms with Crippen LogP contribution in [-0.2, 0) is 9.84 Å². The van der Waals surface area contributed by atoms with Crippen molar-refractivity contribution < 1.29 is 13.2 Å². The fourth-order valence-electron chi connectivity index (χ4n) is 2.36. The van der Waals surface area contributed by atoms with Crippen LogP contribution in [0, 0.1) is 5.92 Å². The fourth-order valence-corrected chi connectivity index (χ4v) is 4.06. The molecule has 0 unspecified atom stereocenters. The highest BCUT2D eigenvalue weighted by Crippen LogP contribution is 2.21. The molecular weight excluding hydrogens is 262 g/mol. The van der Waals surface area contributed by atoms with Gasteiger partial charge in [-0.05, 0) is 63.0 Å². The van der Waals surface area contributed by atoms with Crippen LogP contribution in [0.15, 0.2) is 29.2 Å². The molecule has 1 aromatic carbocycles. The van der Waals surface area contributed by atoms with Crippen LogP contribution in [0.2, 0.25) is 0 Å². The number of nitrogens with one attached hydrogen (secondary N) is 1. The highest BCUT2D eigenvalue weighted by molar-refractivity contribution is 7.91. The van der Waals surface area contributed by atoms with Crippen LogP contribution in [0.3, 0.4) is 0 Å². The minimum absolute atomic E-state index is 0.253. The summed E-state index contributed by atoms with van der Waals surface area (Å²) in [4.78, 5) is 0.398. The molecule has 1 N–H and O–H groups in total. The largest absolute Gasteiger partial charge is 0.494 e. The van der Waals surface area contributed by atoms with Crippen molar-refractivity contribution in [2.24, 2.45) is 5.92 Å². The van der Waals surface area contributed by atoms with E-state index in [1.165, 1.54) is 0 Å². The van der Waals surface area contributed by atoms with Crippen molar-refractivity contribution in [1.82, 2.24) is 5.32 Å². The number of rotatable bonds is 5. The molecule has 0 bridgehead atoms. The molecule has 106 valence electrons. The Morgan fingerprint density at radius 3 is 2.42 bits per heavy atom. The molecule has 19 heavy (non-hydrogen) atoms. The Balaban J connectivity index is 2.05. The molecule has 0 aliphatic carbocycles. The van der Waals surface area contributed by atoms with Gasteiger partial charge in [-0.25, -0.2) is 8.42 Å². The normalized spacial score (nSPS) is 17.3. The number of ether oxygens (including phenoxy) is 1. The molecule has 1 heterocycles. The first-order chi connectivity index (χ1) is 9.12. The van der Waals surface area contributed by atoms with Crippen LogP contribution < -0.4 is 10.1 Å². The van der Waals surface area contributed by atoms with Crippen molar-refractivity contribution >= 4 is 9.84 Å². The third-order valence-corrected chi connectivity index (χ3v) is 5.31. The highest BCUT2D eigenvalue weighted by Gasteiger charge is 2.22. The molecule has 0 atom stereocenters. The zero-order chi connectivity index (χ0) is 13.7.